The molecular formula is C27H28Cl3N3O4S. The van der Waals surface area contributed by atoms with Gasteiger partial charge in [0.1, 0.15) is 12.6 Å². The third-order valence-electron chi connectivity index (χ3n) is 6.07. The predicted octanol–water partition coefficient (Wildman–Crippen LogP) is 5.62. The van der Waals surface area contributed by atoms with Gasteiger partial charge in [0.25, 0.3) is 10.0 Å². The SMILES string of the molecule is CNC(=O)[C@@H](C)N(Cc1ccc(Cl)c(Cl)c1)C(=O)CN(c1ccc(Cl)cc1C)S(=O)(=O)c1ccc(C)cc1. The number of sulfonamides is 1. The van der Waals surface area contributed by atoms with E-state index in [0.717, 1.165) is 9.87 Å². The monoisotopic (exact) mass is 595 g/mol. The number of likely N-dealkylation sites (N-methyl/N-ethyl adjacent to an activating group) is 1. The highest BCUT2D eigenvalue weighted by Gasteiger charge is 2.33. The smallest absolute Gasteiger partial charge is 0.264 e. The molecule has 1 atom stereocenters. The number of nitrogens with zero attached hydrogens (tertiary/aromatic N) is 2. The lowest BCUT2D eigenvalue weighted by Crippen LogP contribution is -2.50. The topological polar surface area (TPSA) is 86.8 Å². The van der Waals surface area contributed by atoms with Gasteiger partial charge in [0.15, 0.2) is 0 Å². The molecule has 0 aliphatic carbocycles. The molecule has 3 aromatic carbocycles. The number of nitrogens with one attached hydrogen (secondary N) is 1. The van der Waals surface area contributed by atoms with Gasteiger partial charge in [0, 0.05) is 18.6 Å². The molecule has 0 aliphatic heterocycles. The van der Waals surface area contributed by atoms with E-state index >= 15 is 0 Å². The summed E-state index contributed by atoms with van der Waals surface area (Å²) in [4.78, 5) is 27.7. The summed E-state index contributed by atoms with van der Waals surface area (Å²) in [5.74, 6) is -0.994. The van der Waals surface area contributed by atoms with E-state index in [1.54, 1.807) is 62.4 Å². The molecule has 0 spiro atoms. The molecule has 0 radical (unpaired) electrons. The standard InChI is InChI=1S/C27H28Cl3N3O4S/c1-17-5-9-22(10-6-17)38(36,37)33(25-12-8-21(28)13-18(25)2)16-26(34)32(19(3)27(35)31-4)15-20-7-11-23(29)24(30)14-20/h5-14,19H,15-16H2,1-4H3,(H,31,35)/t19-/m1/s1. The fourth-order valence-electron chi connectivity index (χ4n) is 3.88. The molecule has 0 unspecified atom stereocenters. The number of benzene rings is 3. The zero-order chi connectivity index (χ0) is 28.2. The van der Waals surface area contributed by atoms with Crippen molar-refractivity contribution in [1.82, 2.24) is 10.2 Å². The molecule has 202 valence electrons. The molecule has 3 rings (SSSR count). The Balaban J connectivity index is 2.07. The fraction of sp³-hybridized carbons (Fsp3) is 0.259. The zero-order valence-corrected chi connectivity index (χ0v) is 24.4. The summed E-state index contributed by atoms with van der Waals surface area (Å²) < 4.78 is 28.7. The summed E-state index contributed by atoms with van der Waals surface area (Å²) in [5, 5.41) is 3.62. The van der Waals surface area contributed by atoms with Crippen LogP contribution >= 0.6 is 34.8 Å². The third-order valence-corrected chi connectivity index (χ3v) is 8.81. The number of hydrogen-bond donors (Lipinski definition) is 1. The molecule has 11 heteroatoms. The first-order valence-corrected chi connectivity index (χ1v) is 14.2. The maximum atomic E-state index is 13.9. The first-order valence-electron chi connectivity index (χ1n) is 11.7. The van der Waals surface area contributed by atoms with Crippen molar-refractivity contribution in [3.8, 4) is 0 Å². The summed E-state index contributed by atoms with van der Waals surface area (Å²) >= 11 is 18.3. The van der Waals surface area contributed by atoms with Crippen LogP contribution in [0.15, 0.2) is 65.6 Å². The first kappa shape index (κ1) is 29.8. The van der Waals surface area contributed by atoms with Gasteiger partial charge in [-0.25, -0.2) is 8.42 Å². The van der Waals surface area contributed by atoms with Gasteiger partial charge in [0.2, 0.25) is 11.8 Å². The van der Waals surface area contributed by atoms with E-state index in [2.05, 4.69) is 5.32 Å². The largest absolute Gasteiger partial charge is 0.357 e. The number of halogens is 3. The van der Waals surface area contributed by atoms with Crippen LogP contribution in [0.1, 0.15) is 23.6 Å². The Bertz CT molecular complexity index is 1450. The van der Waals surface area contributed by atoms with Gasteiger partial charge in [-0.3, -0.25) is 13.9 Å². The molecule has 3 aromatic rings. The summed E-state index contributed by atoms with van der Waals surface area (Å²) in [6, 6.07) is 15.1. The van der Waals surface area contributed by atoms with Crippen LogP contribution in [0.5, 0.6) is 0 Å². The minimum atomic E-state index is -4.17. The summed E-state index contributed by atoms with van der Waals surface area (Å²) in [7, 11) is -2.70. The molecule has 0 heterocycles. The van der Waals surface area contributed by atoms with Gasteiger partial charge in [-0.1, -0.05) is 58.6 Å². The second-order valence-corrected chi connectivity index (χ2v) is 11.9. The van der Waals surface area contributed by atoms with Crippen molar-refractivity contribution in [2.24, 2.45) is 0 Å². The number of carbonyl (C=O) groups excluding carboxylic acids is 2. The van der Waals surface area contributed by atoms with Crippen molar-refractivity contribution in [2.45, 2.75) is 38.3 Å². The Morgan fingerprint density at radius 3 is 2.16 bits per heavy atom. The fourth-order valence-corrected chi connectivity index (χ4v) is 5.90. The molecule has 0 aliphatic rings. The summed E-state index contributed by atoms with van der Waals surface area (Å²) in [5.41, 5.74) is 2.38. The van der Waals surface area contributed by atoms with Crippen LogP contribution in [0, 0.1) is 13.8 Å². The molecule has 7 nitrogen and oxygen atoms in total. The second kappa shape index (κ2) is 12.4. The highest BCUT2D eigenvalue weighted by Crippen LogP contribution is 2.30. The lowest BCUT2D eigenvalue weighted by molar-refractivity contribution is -0.139. The van der Waals surface area contributed by atoms with Crippen molar-refractivity contribution in [3.05, 3.63) is 92.4 Å². The van der Waals surface area contributed by atoms with Crippen molar-refractivity contribution >= 4 is 62.3 Å². The zero-order valence-electron chi connectivity index (χ0n) is 21.3. The van der Waals surface area contributed by atoms with Crippen LogP contribution in [0.2, 0.25) is 15.1 Å². The van der Waals surface area contributed by atoms with Crippen molar-refractivity contribution in [1.29, 1.82) is 0 Å². The van der Waals surface area contributed by atoms with Gasteiger partial charge in [0.05, 0.1) is 20.6 Å². The van der Waals surface area contributed by atoms with Gasteiger partial charge < -0.3 is 10.2 Å². The number of rotatable bonds is 9. The van der Waals surface area contributed by atoms with Crippen LogP contribution in [0.3, 0.4) is 0 Å². The molecule has 0 aromatic heterocycles. The van der Waals surface area contributed by atoms with Crippen molar-refractivity contribution in [3.63, 3.8) is 0 Å². The van der Waals surface area contributed by atoms with Crippen LogP contribution in [-0.2, 0) is 26.2 Å². The Hall–Kier alpha value is -2.78. The lowest BCUT2D eigenvalue weighted by Gasteiger charge is -2.32. The van der Waals surface area contributed by atoms with Gasteiger partial charge in [-0.2, -0.15) is 0 Å². The highest BCUT2D eigenvalue weighted by molar-refractivity contribution is 7.92. The average Bonchev–Trinajstić information content (AvgIpc) is 2.87. The molecule has 1 N–H and O–H groups in total. The molecule has 38 heavy (non-hydrogen) atoms. The Kier molecular flexibility index (Phi) is 9.70. The second-order valence-electron chi connectivity index (χ2n) is 8.82. The van der Waals surface area contributed by atoms with E-state index in [1.165, 1.54) is 24.1 Å². The minimum Gasteiger partial charge on any atom is -0.357 e. The number of amides is 2. The molecule has 0 saturated carbocycles. The van der Waals surface area contributed by atoms with E-state index < -0.39 is 34.4 Å². The van der Waals surface area contributed by atoms with Gasteiger partial charge in [-0.05, 0) is 74.4 Å². The number of aryl methyl sites for hydroxylation is 2. The quantitative estimate of drug-likeness (QED) is 0.347. The van der Waals surface area contributed by atoms with E-state index in [0.29, 0.717) is 31.9 Å². The van der Waals surface area contributed by atoms with Gasteiger partial charge in [-0.15, -0.1) is 0 Å². The van der Waals surface area contributed by atoms with Crippen LogP contribution in [0.4, 0.5) is 5.69 Å². The third kappa shape index (κ3) is 6.80. The van der Waals surface area contributed by atoms with Crippen LogP contribution in [0.25, 0.3) is 0 Å². The Labute approximate surface area is 238 Å². The summed E-state index contributed by atoms with van der Waals surface area (Å²) in [6.45, 7) is 4.58. The molecular weight excluding hydrogens is 569 g/mol. The number of anilines is 1. The van der Waals surface area contributed by atoms with Crippen molar-refractivity contribution in [2.75, 3.05) is 17.9 Å². The lowest BCUT2D eigenvalue weighted by atomic mass is 10.1. The van der Waals surface area contributed by atoms with Crippen LogP contribution in [-0.4, -0.2) is 44.8 Å². The minimum absolute atomic E-state index is 0.00231. The molecule has 0 saturated heterocycles. The molecule has 0 bridgehead atoms. The maximum Gasteiger partial charge on any atom is 0.264 e. The predicted molar refractivity (Wildman–Crippen MR) is 152 cm³/mol. The molecule has 2 amide bonds. The Morgan fingerprint density at radius 1 is 0.921 bits per heavy atom. The number of carbonyl (C=O) groups is 2. The first-order chi connectivity index (χ1) is 17.8. The van der Waals surface area contributed by atoms with E-state index in [4.69, 9.17) is 34.8 Å². The maximum absolute atomic E-state index is 13.9. The number of hydrogen-bond acceptors (Lipinski definition) is 4. The van der Waals surface area contributed by atoms with Crippen LogP contribution < -0.4 is 9.62 Å². The van der Waals surface area contributed by atoms with E-state index in [-0.39, 0.29) is 11.4 Å². The van der Waals surface area contributed by atoms with E-state index in [1.807, 2.05) is 6.92 Å². The summed E-state index contributed by atoms with van der Waals surface area (Å²) in [6.07, 6.45) is 0. The van der Waals surface area contributed by atoms with Crippen molar-refractivity contribution < 1.29 is 18.0 Å². The average molecular weight is 597 g/mol. The van der Waals surface area contributed by atoms with Gasteiger partial charge >= 0.3 is 0 Å². The highest BCUT2D eigenvalue weighted by atomic mass is 35.5. The Morgan fingerprint density at radius 2 is 1.58 bits per heavy atom. The normalized spacial score (nSPS) is 12.1. The molecule has 0 fully saturated rings. The van der Waals surface area contributed by atoms with E-state index in [9.17, 15) is 18.0 Å².